The summed E-state index contributed by atoms with van der Waals surface area (Å²) in [5.41, 5.74) is 4.05. The third-order valence-electron chi connectivity index (χ3n) is 5.77. The molecule has 2 aliphatic rings. The number of benzene rings is 2. The maximum atomic E-state index is 13.0. The van der Waals surface area contributed by atoms with Crippen molar-refractivity contribution >= 4 is 27.3 Å². The molecular formula is C22H26N2O5S. The molecule has 1 amide bonds. The molecule has 2 heterocycles. The Kier molecular flexibility index (Phi) is 5.46. The molecule has 2 aliphatic heterocycles. The fourth-order valence-electron chi connectivity index (χ4n) is 3.98. The Morgan fingerprint density at radius 3 is 2.67 bits per heavy atom. The molecule has 0 aliphatic carbocycles. The molecule has 160 valence electrons. The fourth-order valence-corrected chi connectivity index (χ4v) is 5.27. The molecular weight excluding hydrogens is 404 g/mol. The van der Waals surface area contributed by atoms with Gasteiger partial charge in [-0.15, -0.1) is 0 Å². The van der Waals surface area contributed by atoms with Gasteiger partial charge in [0.15, 0.2) is 0 Å². The number of fused-ring (bicyclic) bond motifs is 1. The van der Waals surface area contributed by atoms with Gasteiger partial charge in [-0.3, -0.25) is 9.52 Å². The summed E-state index contributed by atoms with van der Waals surface area (Å²) < 4.78 is 39.5. The third-order valence-corrected chi connectivity index (χ3v) is 7.17. The van der Waals surface area contributed by atoms with Gasteiger partial charge in [-0.1, -0.05) is 0 Å². The first-order valence-electron chi connectivity index (χ1n) is 10.0. The van der Waals surface area contributed by atoms with Crippen molar-refractivity contribution in [3.05, 3.63) is 47.0 Å². The van der Waals surface area contributed by atoms with Crippen LogP contribution in [0.2, 0.25) is 0 Å². The van der Waals surface area contributed by atoms with E-state index in [9.17, 15) is 13.2 Å². The number of carbonyl (C=O) groups excluding carboxylic acids is 1. The lowest BCUT2D eigenvalue weighted by atomic mass is 10.1. The molecule has 4 rings (SSSR count). The highest BCUT2D eigenvalue weighted by atomic mass is 32.2. The van der Waals surface area contributed by atoms with Gasteiger partial charge in [0.2, 0.25) is 0 Å². The number of nitrogens with one attached hydrogen (secondary N) is 1. The number of methoxy groups -OCH3 is 1. The molecule has 7 nitrogen and oxygen atoms in total. The van der Waals surface area contributed by atoms with Crippen LogP contribution in [0.15, 0.2) is 35.2 Å². The number of aryl methyl sites for hydroxylation is 2. The van der Waals surface area contributed by atoms with Crippen LogP contribution in [0.5, 0.6) is 5.75 Å². The minimum absolute atomic E-state index is 0.0144. The Balaban J connectivity index is 1.58. The molecule has 0 radical (unpaired) electrons. The zero-order valence-corrected chi connectivity index (χ0v) is 18.2. The van der Waals surface area contributed by atoms with Crippen LogP contribution in [0.4, 0.5) is 11.4 Å². The number of carbonyl (C=O) groups is 1. The number of hydrogen-bond donors (Lipinski definition) is 1. The molecule has 8 heteroatoms. The van der Waals surface area contributed by atoms with Crippen molar-refractivity contribution < 1.29 is 22.7 Å². The second-order valence-electron chi connectivity index (χ2n) is 7.78. The number of anilines is 2. The number of ether oxygens (including phenoxy) is 2. The quantitative estimate of drug-likeness (QED) is 0.788. The summed E-state index contributed by atoms with van der Waals surface area (Å²) in [4.78, 5) is 14.6. The summed E-state index contributed by atoms with van der Waals surface area (Å²) in [6, 6.07) is 8.62. The normalized spacial score (nSPS) is 18.4. The largest absolute Gasteiger partial charge is 0.495 e. The van der Waals surface area contributed by atoms with Crippen LogP contribution in [0.25, 0.3) is 0 Å². The Bertz CT molecular complexity index is 1090. The number of amides is 1. The Morgan fingerprint density at radius 2 is 1.97 bits per heavy atom. The molecule has 30 heavy (non-hydrogen) atoms. The van der Waals surface area contributed by atoms with Gasteiger partial charge in [0.25, 0.3) is 15.9 Å². The first-order chi connectivity index (χ1) is 14.3. The molecule has 2 aromatic rings. The van der Waals surface area contributed by atoms with E-state index in [-0.39, 0.29) is 16.9 Å². The van der Waals surface area contributed by atoms with Crippen molar-refractivity contribution in [2.24, 2.45) is 0 Å². The summed E-state index contributed by atoms with van der Waals surface area (Å²) in [5, 5.41) is 0. The van der Waals surface area contributed by atoms with E-state index in [1.54, 1.807) is 35.2 Å². The molecule has 0 bridgehead atoms. The zero-order chi connectivity index (χ0) is 21.5. The Morgan fingerprint density at radius 1 is 1.20 bits per heavy atom. The minimum Gasteiger partial charge on any atom is -0.495 e. The van der Waals surface area contributed by atoms with E-state index in [2.05, 4.69) is 4.72 Å². The fraction of sp³-hybridized carbons (Fsp3) is 0.409. The first-order valence-corrected chi connectivity index (χ1v) is 11.5. The van der Waals surface area contributed by atoms with E-state index in [0.29, 0.717) is 31.0 Å². The molecule has 1 saturated heterocycles. The van der Waals surface area contributed by atoms with Gasteiger partial charge in [-0.2, -0.15) is 0 Å². The average molecular weight is 431 g/mol. The third kappa shape index (κ3) is 3.77. The van der Waals surface area contributed by atoms with Crippen LogP contribution in [-0.4, -0.2) is 40.7 Å². The average Bonchev–Trinajstić information content (AvgIpc) is 3.38. The summed E-state index contributed by atoms with van der Waals surface area (Å²) in [6.07, 6.45) is 1.96. The van der Waals surface area contributed by atoms with Crippen molar-refractivity contribution in [1.82, 2.24) is 0 Å². The predicted octanol–water partition coefficient (Wildman–Crippen LogP) is 3.18. The Hall–Kier alpha value is -2.58. The summed E-state index contributed by atoms with van der Waals surface area (Å²) >= 11 is 0. The standard InChI is InChI=1S/C22H26N2O5S/c1-14-11-20(28-3)21(12-15(14)2)30(26,27)23-17-6-7-18-16(13-17)8-9-24(18)22(25)19-5-4-10-29-19/h6-7,11-13,19,23H,4-5,8-10H2,1-3H3. The second-order valence-corrected chi connectivity index (χ2v) is 9.43. The highest BCUT2D eigenvalue weighted by Crippen LogP contribution is 2.34. The van der Waals surface area contributed by atoms with Gasteiger partial charge in [0.1, 0.15) is 16.7 Å². The van der Waals surface area contributed by atoms with E-state index in [0.717, 1.165) is 35.2 Å². The monoisotopic (exact) mass is 430 g/mol. The van der Waals surface area contributed by atoms with E-state index < -0.39 is 10.0 Å². The molecule has 0 saturated carbocycles. The van der Waals surface area contributed by atoms with E-state index in [1.165, 1.54) is 7.11 Å². The van der Waals surface area contributed by atoms with Crippen molar-refractivity contribution in [3.63, 3.8) is 0 Å². The number of rotatable bonds is 5. The number of nitrogens with zero attached hydrogens (tertiary/aromatic N) is 1. The first kappa shape index (κ1) is 20.7. The van der Waals surface area contributed by atoms with Crippen molar-refractivity contribution in [1.29, 1.82) is 0 Å². The molecule has 1 atom stereocenters. The lowest BCUT2D eigenvalue weighted by Gasteiger charge is -2.21. The van der Waals surface area contributed by atoms with Crippen LogP contribution >= 0.6 is 0 Å². The lowest BCUT2D eigenvalue weighted by molar-refractivity contribution is -0.127. The lowest BCUT2D eigenvalue weighted by Crippen LogP contribution is -2.37. The van der Waals surface area contributed by atoms with E-state index in [4.69, 9.17) is 9.47 Å². The van der Waals surface area contributed by atoms with Crippen molar-refractivity contribution in [2.45, 2.75) is 44.1 Å². The molecule has 1 unspecified atom stereocenters. The number of sulfonamides is 1. The Labute approximate surface area is 177 Å². The van der Waals surface area contributed by atoms with E-state index >= 15 is 0 Å². The van der Waals surface area contributed by atoms with Crippen LogP contribution in [0.1, 0.15) is 29.5 Å². The topological polar surface area (TPSA) is 84.9 Å². The molecule has 1 fully saturated rings. The van der Waals surface area contributed by atoms with Crippen molar-refractivity contribution in [2.75, 3.05) is 29.9 Å². The highest BCUT2D eigenvalue weighted by molar-refractivity contribution is 7.92. The maximum Gasteiger partial charge on any atom is 0.265 e. The van der Waals surface area contributed by atoms with Gasteiger partial charge < -0.3 is 14.4 Å². The number of hydrogen-bond acceptors (Lipinski definition) is 5. The van der Waals surface area contributed by atoms with Crippen LogP contribution < -0.4 is 14.4 Å². The highest BCUT2D eigenvalue weighted by Gasteiger charge is 2.33. The van der Waals surface area contributed by atoms with E-state index in [1.807, 2.05) is 13.8 Å². The maximum absolute atomic E-state index is 13.0. The summed E-state index contributed by atoms with van der Waals surface area (Å²) in [6.45, 7) is 4.98. The minimum atomic E-state index is -3.83. The molecule has 1 N–H and O–H groups in total. The van der Waals surface area contributed by atoms with Crippen LogP contribution in [-0.2, 0) is 26.0 Å². The smallest absolute Gasteiger partial charge is 0.265 e. The van der Waals surface area contributed by atoms with Gasteiger partial charge in [0, 0.05) is 24.5 Å². The predicted molar refractivity (Wildman–Crippen MR) is 115 cm³/mol. The molecule has 2 aromatic carbocycles. The van der Waals surface area contributed by atoms with Crippen LogP contribution in [0.3, 0.4) is 0 Å². The summed E-state index contributed by atoms with van der Waals surface area (Å²) in [5.74, 6) is 0.291. The summed E-state index contributed by atoms with van der Waals surface area (Å²) in [7, 11) is -2.37. The van der Waals surface area contributed by atoms with Gasteiger partial charge in [-0.25, -0.2) is 8.42 Å². The zero-order valence-electron chi connectivity index (χ0n) is 17.4. The SMILES string of the molecule is COc1cc(C)c(C)cc1S(=O)(=O)Nc1ccc2c(c1)CCN2C(=O)C1CCCO1. The van der Waals surface area contributed by atoms with Gasteiger partial charge >= 0.3 is 0 Å². The van der Waals surface area contributed by atoms with Crippen LogP contribution in [0, 0.1) is 13.8 Å². The molecule has 0 spiro atoms. The van der Waals surface area contributed by atoms with Gasteiger partial charge in [0.05, 0.1) is 7.11 Å². The molecule has 0 aromatic heterocycles. The second kappa shape index (κ2) is 7.92. The van der Waals surface area contributed by atoms with Gasteiger partial charge in [-0.05, 0) is 80.1 Å². The van der Waals surface area contributed by atoms with Crippen molar-refractivity contribution in [3.8, 4) is 5.75 Å².